The lowest BCUT2D eigenvalue weighted by Gasteiger charge is -2.19. The topological polar surface area (TPSA) is 36.9 Å². The van der Waals surface area contributed by atoms with Crippen molar-refractivity contribution in [3.63, 3.8) is 0 Å². The van der Waals surface area contributed by atoms with Crippen LogP contribution in [0.15, 0.2) is 48.5 Å². The smallest absolute Gasteiger partial charge is 0.134 e. The molecule has 0 N–H and O–H groups in total. The van der Waals surface area contributed by atoms with E-state index < -0.39 is 0 Å². The Morgan fingerprint density at radius 1 is 0.250 bits per heavy atom. The molecule has 0 saturated carbocycles. The summed E-state index contributed by atoms with van der Waals surface area (Å²) < 4.78 is 27.2. The molecule has 0 aliphatic heterocycles. The lowest BCUT2D eigenvalue weighted by Crippen LogP contribution is -2.03. The fraction of sp³-hybridized carbons (Fsp3) is 0.571. The molecule has 0 radical (unpaired) electrons. The molecule has 60 heavy (non-hydrogen) atoms. The van der Waals surface area contributed by atoms with E-state index in [1.54, 1.807) is 0 Å². The third-order valence-electron chi connectivity index (χ3n) is 12.2. The molecule has 12 rings (SSSR count). The summed E-state index contributed by atoms with van der Waals surface area (Å²) in [5.74, 6) is 3.75. The second-order valence-corrected chi connectivity index (χ2v) is 17.3. The van der Waals surface area contributed by atoms with Gasteiger partial charge in [-0.1, -0.05) is 205 Å². The van der Waals surface area contributed by atoms with Crippen molar-refractivity contribution in [1.82, 2.24) is 0 Å². The van der Waals surface area contributed by atoms with Gasteiger partial charge in [0, 0.05) is 43.8 Å². The summed E-state index contributed by atoms with van der Waals surface area (Å²) in [4.78, 5) is 0. The van der Waals surface area contributed by atoms with Crippen LogP contribution in [0, 0.1) is 0 Å². The molecular formula is C56H80O4. The van der Waals surface area contributed by atoms with E-state index in [0.717, 1.165) is 92.5 Å². The van der Waals surface area contributed by atoms with E-state index in [9.17, 15) is 0 Å². The maximum Gasteiger partial charge on any atom is 0.134 e. The first-order valence-electron chi connectivity index (χ1n) is 24.8. The molecule has 8 bridgehead atoms. The van der Waals surface area contributed by atoms with Crippen molar-refractivity contribution in [2.75, 3.05) is 26.4 Å². The molecule has 0 atom stereocenters. The lowest BCUT2D eigenvalue weighted by atomic mass is 9.97. The Kier molecular flexibility index (Phi) is 21.9. The van der Waals surface area contributed by atoms with Crippen molar-refractivity contribution in [3.8, 4) is 23.0 Å². The Hall–Kier alpha value is -3.92. The van der Waals surface area contributed by atoms with Gasteiger partial charge in [-0.2, -0.15) is 0 Å². The van der Waals surface area contributed by atoms with Crippen LogP contribution in [0.4, 0.5) is 0 Å². The average molecular weight is 817 g/mol. The third-order valence-corrected chi connectivity index (χ3v) is 12.2. The van der Waals surface area contributed by atoms with Crippen LogP contribution in [0.1, 0.15) is 204 Å². The molecule has 4 aromatic carbocycles. The predicted molar refractivity (Wildman–Crippen MR) is 261 cm³/mol. The van der Waals surface area contributed by atoms with Crippen LogP contribution in [-0.4, -0.2) is 26.4 Å². The quantitative estimate of drug-likeness (QED) is 0.0405. The first-order chi connectivity index (χ1) is 29.7. The Bertz CT molecular complexity index is 1610. The Morgan fingerprint density at radius 2 is 0.450 bits per heavy atom. The van der Waals surface area contributed by atoms with E-state index >= 15 is 0 Å². The number of hydrogen-bond donors (Lipinski definition) is 0. The van der Waals surface area contributed by atoms with Gasteiger partial charge >= 0.3 is 0 Å². The van der Waals surface area contributed by atoms with Gasteiger partial charge in [-0.25, -0.2) is 0 Å². The standard InChI is InChI=1S/C56H80O4/c1-5-9-13-17-21-25-41-57-53-45-29-30-46-35-39-52-51(55(46)59-43-27-23-19-15-11-7-3)40-36-48(56(52)60-44-28-24-20-16-12-8-4)32-31-47-34-37-49(53)50(38-33-45)54(47)58-42-26-22-18-14-10-6-2/h29-40H,5-28,41-44H2,1-4H3. The molecule has 0 heterocycles. The predicted octanol–water partition coefficient (Wildman–Crippen LogP) is 17.6. The van der Waals surface area contributed by atoms with Crippen molar-refractivity contribution in [3.05, 3.63) is 70.8 Å². The first kappa shape index (κ1) is 47.1. The molecule has 0 spiro atoms. The molecule has 0 unspecified atom stereocenters. The van der Waals surface area contributed by atoms with Crippen LogP contribution >= 0.6 is 0 Å². The van der Waals surface area contributed by atoms with Gasteiger partial charge in [-0.05, 0) is 49.9 Å². The molecular weight excluding hydrogens is 737 g/mol. The summed E-state index contributed by atoms with van der Waals surface area (Å²) in [5.41, 5.74) is 4.30. The Morgan fingerprint density at radius 3 is 0.667 bits per heavy atom. The molecule has 0 saturated heterocycles. The number of benzene rings is 4. The lowest BCUT2D eigenvalue weighted by molar-refractivity contribution is 0.304. The largest absolute Gasteiger partial charge is 0.492 e. The number of unbranched alkanes of at least 4 members (excludes halogenated alkanes) is 20. The normalized spacial score (nSPS) is 12.1. The zero-order valence-electron chi connectivity index (χ0n) is 38.4. The maximum atomic E-state index is 6.81. The minimum Gasteiger partial charge on any atom is -0.492 e. The Balaban J connectivity index is 1.54. The van der Waals surface area contributed by atoms with E-state index in [-0.39, 0.29) is 0 Å². The minimum absolute atomic E-state index is 0.702. The molecule has 328 valence electrons. The molecule has 8 aliphatic carbocycles. The van der Waals surface area contributed by atoms with Crippen LogP contribution in [0.5, 0.6) is 23.0 Å². The van der Waals surface area contributed by atoms with Crippen LogP contribution in [0.25, 0.3) is 45.8 Å². The number of ether oxygens (including phenoxy) is 4. The van der Waals surface area contributed by atoms with Gasteiger partial charge in [-0.3, -0.25) is 0 Å². The van der Waals surface area contributed by atoms with Gasteiger partial charge in [0.25, 0.3) is 0 Å². The highest BCUT2D eigenvalue weighted by atomic mass is 16.5. The van der Waals surface area contributed by atoms with Crippen LogP contribution in [-0.2, 0) is 0 Å². The molecule has 4 nitrogen and oxygen atoms in total. The van der Waals surface area contributed by atoms with Gasteiger partial charge < -0.3 is 18.9 Å². The van der Waals surface area contributed by atoms with E-state index in [2.05, 4.69) is 101 Å². The summed E-state index contributed by atoms with van der Waals surface area (Å²) in [7, 11) is 0. The zero-order chi connectivity index (χ0) is 42.0. The van der Waals surface area contributed by atoms with Crippen molar-refractivity contribution >= 4 is 45.8 Å². The SMILES string of the molecule is CCCCCCCCOc1c2ccc3c(OCCCCCCCC)c(ccc13)C=Cc1ccc3c(OCCCCCCCC)c(ccc3c1OCCCCCCCC)C=C2. The van der Waals surface area contributed by atoms with E-state index in [1.165, 1.54) is 128 Å². The van der Waals surface area contributed by atoms with Crippen molar-refractivity contribution in [1.29, 1.82) is 0 Å². The molecule has 0 fully saturated rings. The monoisotopic (exact) mass is 817 g/mol. The fourth-order valence-electron chi connectivity index (χ4n) is 8.52. The van der Waals surface area contributed by atoms with Crippen LogP contribution in [0.3, 0.4) is 0 Å². The molecule has 0 amide bonds. The average Bonchev–Trinajstić information content (AvgIpc) is 3.26. The summed E-state index contributed by atoms with van der Waals surface area (Å²) in [6.07, 6.45) is 38.5. The highest BCUT2D eigenvalue weighted by Crippen LogP contribution is 2.43. The maximum absolute atomic E-state index is 6.81. The van der Waals surface area contributed by atoms with Crippen molar-refractivity contribution in [2.45, 2.75) is 182 Å². The van der Waals surface area contributed by atoms with Crippen LogP contribution in [0.2, 0.25) is 0 Å². The first-order valence-corrected chi connectivity index (χ1v) is 24.8. The molecule has 4 heteroatoms. The van der Waals surface area contributed by atoms with Gasteiger partial charge in [-0.15, -0.1) is 0 Å². The molecule has 0 aromatic heterocycles. The zero-order valence-corrected chi connectivity index (χ0v) is 38.4. The third kappa shape index (κ3) is 14.6. The van der Waals surface area contributed by atoms with E-state index in [1.807, 2.05) is 0 Å². The van der Waals surface area contributed by atoms with Gasteiger partial charge in [0.2, 0.25) is 0 Å². The highest BCUT2D eigenvalue weighted by Gasteiger charge is 2.18. The molecule has 8 aliphatic rings. The van der Waals surface area contributed by atoms with E-state index in [0.29, 0.717) is 26.4 Å². The van der Waals surface area contributed by atoms with Crippen molar-refractivity contribution < 1.29 is 18.9 Å². The number of rotatable bonds is 32. The van der Waals surface area contributed by atoms with Gasteiger partial charge in [0.05, 0.1) is 26.4 Å². The van der Waals surface area contributed by atoms with Gasteiger partial charge in [0.15, 0.2) is 0 Å². The minimum atomic E-state index is 0.702. The summed E-state index contributed by atoms with van der Waals surface area (Å²) >= 11 is 0. The highest BCUT2D eigenvalue weighted by molar-refractivity contribution is 6.02. The summed E-state index contributed by atoms with van der Waals surface area (Å²) in [6, 6.07) is 17.9. The van der Waals surface area contributed by atoms with Crippen molar-refractivity contribution in [2.24, 2.45) is 0 Å². The Labute approximate surface area is 365 Å². The van der Waals surface area contributed by atoms with Crippen LogP contribution < -0.4 is 18.9 Å². The van der Waals surface area contributed by atoms with Gasteiger partial charge in [0.1, 0.15) is 23.0 Å². The second kappa shape index (κ2) is 27.8. The molecule has 4 aromatic rings. The summed E-state index contributed by atoms with van der Waals surface area (Å²) in [6.45, 7) is 11.9. The second-order valence-electron chi connectivity index (χ2n) is 17.3. The fourth-order valence-corrected chi connectivity index (χ4v) is 8.52. The number of hydrogen-bond acceptors (Lipinski definition) is 4. The summed E-state index contributed by atoms with van der Waals surface area (Å²) in [5, 5.41) is 4.41. The van der Waals surface area contributed by atoms with E-state index in [4.69, 9.17) is 18.9 Å².